The minimum absolute atomic E-state index is 0.784. The maximum absolute atomic E-state index is 9.42. The number of fused-ring (bicyclic) bond motifs is 1. The summed E-state index contributed by atoms with van der Waals surface area (Å²) in [5.41, 5.74) is 2.99. The number of hydrogen-bond acceptors (Lipinski definition) is 4. The van der Waals surface area contributed by atoms with Crippen molar-refractivity contribution in [3.05, 3.63) is 46.1 Å². The molecule has 1 aliphatic rings. The first-order valence-corrected chi connectivity index (χ1v) is 7.69. The molecule has 0 aromatic carbocycles. The smallest absolute Gasteiger partial charge is 0.134 e. The predicted molar refractivity (Wildman–Crippen MR) is 81.8 cm³/mol. The van der Waals surface area contributed by atoms with E-state index in [2.05, 4.69) is 16.0 Å². The minimum atomic E-state index is 0.784. The highest BCUT2D eigenvalue weighted by Crippen LogP contribution is 2.38. The van der Waals surface area contributed by atoms with Gasteiger partial charge in [-0.15, -0.1) is 11.3 Å². The summed E-state index contributed by atoms with van der Waals surface area (Å²) in [7, 11) is 0. The largest absolute Gasteiger partial charge is 0.264 e. The summed E-state index contributed by atoms with van der Waals surface area (Å²) in [4.78, 5) is 9.94. The van der Waals surface area contributed by atoms with Crippen LogP contribution in [0.4, 0.5) is 5.00 Å². The molecule has 4 heteroatoms. The van der Waals surface area contributed by atoms with E-state index in [0.29, 0.717) is 0 Å². The highest BCUT2D eigenvalue weighted by Gasteiger charge is 2.19. The van der Waals surface area contributed by atoms with Crippen LogP contribution in [0.2, 0.25) is 0 Å². The lowest BCUT2D eigenvalue weighted by Gasteiger charge is -1.96. The van der Waals surface area contributed by atoms with Crippen LogP contribution in [0.25, 0.3) is 0 Å². The fourth-order valence-corrected chi connectivity index (χ4v) is 3.70. The number of aliphatic imine (C=N–C) groups is 1. The van der Waals surface area contributed by atoms with Gasteiger partial charge < -0.3 is 0 Å². The number of rotatable bonds is 2. The molecule has 3 rings (SSSR count). The summed E-state index contributed by atoms with van der Waals surface area (Å²) >= 11 is 1.68. The Labute approximate surface area is 122 Å². The fraction of sp³-hybridized carbons (Fsp3) is 0.312. The average Bonchev–Trinajstić information content (AvgIpc) is 2.66. The van der Waals surface area contributed by atoms with Crippen molar-refractivity contribution in [1.29, 1.82) is 5.26 Å². The molecule has 0 unspecified atom stereocenters. The van der Waals surface area contributed by atoms with Gasteiger partial charge in [-0.2, -0.15) is 5.26 Å². The van der Waals surface area contributed by atoms with Gasteiger partial charge in [0.25, 0.3) is 0 Å². The topological polar surface area (TPSA) is 49.0 Å². The molecule has 0 radical (unpaired) electrons. The van der Waals surface area contributed by atoms with Crippen molar-refractivity contribution < 1.29 is 0 Å². The lowest BCUT2D eigenvalue weighted by atomic mass is 10.1. The zero-order chi connectivity index (χ0) is 13.8. The molecule has 0 fully saturated rings. The minimum Gasteiger partial charge on any atom is -0.264 e. The van der Waals surface area contributed by atoms with Gasteiger partial charge in [-0.3, -0.25) is 4.98 Å². The maximum atomic E-state index is 9.42. The van der Waals surface area contributed by atoms with Crippen LogP contribution >= 0.6 is 11.3 Å². The first-order valence-electron chi connectivity index (χ1n) is 6.87. The van der Waals surface area contributed by atoms with E-state index in [0.717, 1.165) is 29.0 Å². The van der Waals surface area contributed by atoms with Gasteiger partial charge in [-0.25, -0.2) is 4.99 Å². The summed E-state index contributed by atoms with van der Waals surface area (Å²) < 4.78 is 0. The van der Waals surface area contributed by atoms with E-state index < -0.39 is 0 Å². The first-order chi connectivity index (χ1) is 9.88. The molecule has 100 valence electrons. The Balaban J connectivity index is 1.94. The predicted octanol–water partition coefficient (Wildman–Crippen LogP) is 4.03. The van der Waals surface area contributed by atoms with E-state index in [1.807, 2.05) is 12.1 Å². The summed E-state index contributed by atoms with van der Waals surface area (Å²) in [5, 5.41) is 10.3. The normalized spacial score (nSPS) is 14.8. The lowest BCUT2D eigenvalue weighted by Crippen LogP contribution is -1.87. The van der Waals surface area contributed by atoms with Crippen molar-refractivity contribution >= 4 is 22.6 Å². The number of hydrogen-bond donors (Lipinski definition) is 0. The number of thiophene rings is 1. The van der Waals surface area contributed by atoms with Gasteiger partial charge in [-0.05, 0) is 37.3 Å². The molecule has 2 aromatic rings. The summed E-state index contributed by atoms with van der Waals surface area (Å²) in [6.07, 6.45) is 11.1. The van der Waals surface area contributed by atoms with E-state index in [1.54, 1.807) is 29.9 Å². The highest BCUT2D eigenvalue weighted by atomic mass is 32.1. The Bertz CT molecular complexity index is 665. The van der Waals surface area contributed by atoms with E-state index in [1.165, 1.54) is 29.7 Å². The van der Waals surface area contributed by atoms with Crippen molar-refractivity contribution in [3.8, 4) is 6.07 Å². The van der Waals surface area contributed by atoms with Crippen LogP contribution in [0, 0.1) is 11.3 Å². The molecule has 0 bridgehead atoms. The summed E-state index contributed by atoms with van der Waals surface area (Å²) in [6, 6.07) is 6.19. The van der Waals surface area contributed by atoms with Gasteiger partial charge in [0.15, 0.2) is 0 Å². The van der Waals surface area contributed by atoms with Crippen LogP contribution < -0.4 is 0 Å². The molecule has 3 nitrogen and oxygen atoms in total. The summed E-state index contributed by atoms with van der Waals surface area (Å²) in [6.45, 7) is 0. The van der Waals surface area contributed by atoms with Gasteiger partial charge in [0.1, 0.15) is 11.1 Å². The third-order valence-electron chi connectivity index (χ3n) is 3.53. The Morgan fingerprint density at radius 1 is 1.30 bits per heavy atom. The van der Waals surface area contributed by atoms with Gasteiger partial charge in [0.05, 0.1) is 5.56 Å². The quantitative estimate of drug-likeness (QED) is 0.616. The van der Waals surface area contributed by atoms with Crippen LogP contribution in [0.1, 0.15) is 40.8 Å². The zero-order valence-corrected chi connectivity index (χ0v) is 12.0. The second kappa shape index (κ2) is 5.98. The lowest BCUT2D eigenvalue weighted by molar-refractivity contribution is 0.712. The average molecular weight is 281 g/mol. The molecule has 0 amide bonds. The SMILES string of the molecule is N#Cc1c(N=Cc2cccnc2)sc2c1CCCCC2. The monoisotopic (exact) mass is 281 g/mol. The first kappa shape index (κ1) is 13.0. The third kappa shape index (κ3) is 2.63. The molecule has 0 saturated heterocycles. The molecule has 0 atom stereocenters. The van der Waals surface area contributed by atoms with Crippen LogP contribution in [0.15, 0.2) is 29.5 Å². The Morgan fingerprint density at radius 2 is 2.20 bits per heavy atom. The second-order valence-corrected chi connectivity index (χ2v) is 5.98. The molecule has 2 heterocycles. The van der Waals surface area contributed by atoms with Crippen LogP contribution in [-0.4, -0.2) is 11.2 Å². The summed E-state index contributed by atoms with van der Waals surface area (Å²) in [5.74, 6) is 0. The van der Waals surface area contributed by atoms with E-state index in [9.17, 15) is 5.26 Å². The maximum Gasteiger partial charge on any atom is 0.134 e. The van der Waals surface area contributed by atoms with Crippen LogP contribution in [0.5, 0.6) is 0 Å². The van der Waals surface area contributed by atoms with E-state index in [4.69, 9.17) is 0 Å². The number of aryl methyl sites for hydroxylation is 1. The molecule has 0 spiro atoms. The second-order valence-electron chi connectivity index (χ2n) is 4.90. The van der Waals surface area contributed by atoms with Crippen LogP contribution in [0.3, 0.4) is 0 Å². The molecular formula is C16H15N3S. The Morgan fingerprint density at radius 3 is 3.00 bits per heavy atom. The molecular weight excluding hydrogens is 266 g/mol. The zero-order valence-electron chi connectivity index (χ0n) is 11.2. The molecule has 20 heavy (non-hydrogen) atoms. The van der Waals surface area contributed by atoms with Gasteiger partial charge >= 0.3 is 0 Å². The van der Waals surface area contributed by atoms with E-state index >= 15 is 0 Å². The number of pyridine rings is 1. The van der Waals surface area contributed by atoms with Crippen molar-refractivity contribution in [2.75, 3.05) is 0 Å². The Hall–Kier alpha value is -1.99. The fourth-order valence-electron chi connectivity index (χ4n) is 2.52. The Kier molecular flexibility index (Phi) is 3.89. The number of aromatic nitrogens is 1. The highest BCUT2D eigenvalue weighted by molar-refractivity contribution is 7.16. The standard InChI is InChI=1S/C16H15N3S/c17-9-14-13-6-2-1-3-7-15(13)20-16(14)19-11-12-5-4-8-18-10-12/h4-5,8,10-11H,1-3,6-7H2. The number of nitriles is 1. The number of nitrogens with zero attached hydrogens (tertiary/aromatic N) is 3. The van der Waals surface area contributed by atoms with Gasteiger partial charge in [-0.1, -0.05) is 12.5 Å². The van der Waals surface area contributed by atoms with E-state index in [-0.39, 0.29) is 0 Å². The van der Waals surface area contributed by atoms with Crippen molar-refractivity contribution in [3.63, 3.8) is 0 Å². The molecule has 0 saturated carbocycles. The van der Waals surface area contributed by atoms with Crippen molar-refractivity contribution in [2.24, 2.45) is 4.99 Å². The van der Waals surface area contributed by atoms with Crippen molar-refractivity contribution in [2.45, 2.75) is 32.1 Å². The van der Waals surface area contributed by atoms with Crippen molar-refractivity contribution in [1.82, 2.24) is 4.98 Å². The molecule has 0 N–H and O–H groups in total. The molecule has 0 aliphatic heterocycles. The third-order valence-corrected chi connectivity index (χ3v) is 4.73. The molecule has 2 aromatic heterocycles. The van der Waals surface area contributed by atoms with Crippen LogP contribution in [-0.2, 0) is 12.8 Å². The molecule has 1 aliphatic carbocycles. The van der Waals surface area contributed by atoms with Gasteiger partial charge in [0, 0.05) is 29.0 Å². The van der Waals surface area contributed by atoms with Gasteiger partial charge in [0.2, 0.25) is 0 Å².